The van der Waals surface area contributed by atoms with E-state index in [0.717, 1.165) is 9.50 Å². The number of aromatic nitrogens is 1. The van der Waals surface area contributed by atoms with Gasteiger partial charge in [-0.25, -0.2) is 9.37 Å². The highest BCUT2D eigenvalue weighted by atomic mass is 79.9. The van der Waals surface area contributed by atoms with E-state index in [2.05, 4.69) is 26.2 Å². The molecule has 1 heterocycles. The van der Waals surface area contributed by atoms with Crippen molar-refractivity contribution in [3.63, 3.8) is 0 Å². The zero-order valence-electron chi connectivity index (χ0n) is 10.3. The van der Waals surface area contributed by atoms with Crippen LogP contribution in [0.4, 0.5) is 15.8 Å². The summed E-state index contributed by atoms with van der Waals surface area (Å²) in [6.45, 7) is 0. The molecule has 0 aliphatic carbocycles. The van der Waals surface area contributed by atoms with Crippen LogP contribution in [0.25, 0.3) is 0 Å². The molecule has 2 aromatic rings. The maximum absolute atomic E-state index is 12.9. The molecule has 104 valence electrons. The van der Waals surface area contributed by atoms with Crippen LogP contribution in [-0.2, 0) is 4.79 Å². The molecule has 0 saturated carbocycles. The van der Waals surface area contributed by atoms with Crippen molar-refractivity contribution in [2.45, 2.75) is 5.03 Å². The van der Waals surface area contributed by atoms with E-state index in [-0.39, 0.29) is 17.3 Å². The fraction of sp³-hybridized carbons (Fsp3) is 0.0769. The fourth-order valence-corrected chi connectivity index (χ4v) is 2.30. The van der Waals surface area contributed by atoms with Gasteiger partial charge in [-0.1, -0.05) is 11.8 Å². The smallest absolute Gasteiger partial charge is 0.234 e. The van der Waals surface area contributed by atoms with Crippen LogP contribution in [0.5, 0.6) is 0 Å². The minimum absolute atomic E-state index is 0.199. The first kappa shape index (κ1) is 14.8. The Kier molecular flexibility index (Phi) is 4.97. The second kappa shape index (κ2) is 6.71. The van der Waals surface area contributed by atoms with Gasteiger partial charge in [0.05, 0.1) is 22.2 Å². The second-order valence-corrected chi connectivity index (χ2v) is 5.79. The molecule has 7 heteroatoms. The minimum atomic E-state index is -0.436. The lowest BCUT2D eigenvalue weighted by atomic mass is 10.2. The van der Waals surface area contributed by atoms with Crippen molar-refractivity contribution in [1.82, 2.24) is 4.98 Å². The molecular formula is C13H11BrFN3OS. The standard InChI is InChI=1S/C13H11BrFN3OS/c14-8-1-4-13(17-6-8)20-7-12(19)18-11-3-2-9(15)5-10(11)16/h1-6H,7,16H2,(H,18,19). The van der Waals surface area contributed by atoms with Gasteiger partial charge in [-0.05, 0) is 46.3 Å². The van der Waals surface area contributed by atoms with Gasteiger partial charge in [-0.2, -0.15) is 0 Å². The predicted molar refractivity (Wildman–Crippen MR) is 82.1 cm³/mol. The number of nitrogens with two attached hydrogens (primary N) is 1. The third-order valence-electron chi connectivity index (χ3n) is 2.34. The lowest BCUT2D eigenvalue weighted by molar-refractivity contribution is -0.113. The number of hydrogen-bond donors (Lipinski definition) is 2. The summed E-state index contributed by atoms with van der Waals surface area (Å²) in [5.74, 6) is -0.460. The van der Waals surface area contributed by atoms with E-state index in [1.807, 2.05) is 12.1 Å². The van der Waals surface area contributed by atoms with Crippen LogP contribution in [0.15, 0.2) is 46.0 Å². The van der Waals surface area contributed by atoms with Gasteiger partial charge in [0, 0.05) is 10.7 Å². The lowest BCUT2D eigenvalue weighted by Crippen LogP contribution is -2.15. The first-order chi connectivity index (χ1) is 9.54. The Morgan fingerprint density at radius 3 is 2.85 bits per heavy atom. The summed E-state index contributed by atoms with van der Waals surface area (Å²) in [6, 6.07) is 7.51. The Morgan fingerprint density at radius 1 is 1.40 bits per heavy atom. The number of nitrogens with zero attached hydrogens (tertiary/aromatic N) is 1. The molecule has 0 aliphatic heterocycles. The number of pyridine rings is 1. The predicted octanol–water partition coefficient (Wildman–Crippen LogP) is 3.30. The number of thioether (sulfide) groups is 1. The van der Waals surface area contributed by atoms with Crippen LogP contribution in [0.1, 0.15) is 0 Å². The number of rotatable bonds is 4. The van der Waals surface area contributed by atoms with Crippen molar-refractivity contribution < 1.29 is 9.18 Å². The molecule has 4 nitrogen and oxygen atoms in total. The van der Waals surface area contributed by atoms with Crippen LogP contribution in [0.3, 0.4) is 0 Å². The van der Waals surface area contributed by atoms with Gasteiger partial charge in [-0.3, -0.25) is 4.79 Å². The number of halogens is 2. The van der Waals surface area contributed by atoms with Gasteiger partial charge in [0.1, 0.15) is 5.82 Å². The molecule has 0 saturated heterocycles. The van der Waals surface area contributed by atoms with Gasteiger partial charge in [0.2, 0.25) is 5.91 Å². The van der Waals surface area contributed by atoms with Crippen molar-refractivity contribution in [3.05, 3.63) is 46.8 Å². The van der Waals surface area contributed by atoms with Crippen LogP contribution in [0, 0.1) is 5.82 Å². The highest BCUT2D eigenvalue weighted by molar-refractivity contribution is 9.10. The molecular weight excluding hydrogens is 345 g/mol. The molecule has 0 fully saturated rings. The lowest BCUT2D eigenvalue weighted by Gasteiger charge is -2.07. The van der Waals surface area contributed by atoms with E-state index in [4.69, 9.17) is 5.73 Å². The summed E-state index contributed by atoms with van der Waals surface area (Å²) in [5.41, 5.74) is 6.22. The minimum Gasteiger partial charge on any atom is -0.397 e. The van der Waals surface area contributed by atoms with Gasteiger partial charge in [0.25, 0.3) is 0 Å². The number of nitrogen functional groups attached to an aromatic ring is 1. The third kappa shape index (κ3) is 4.21. The first-order valence-corrected chi connectivity index (χ1v) is 7.41. The number of benzene rings is 1. The van der Waals surface area contributed by atoms with Crippen molar-refractivity contribution >= 4 is 45.0 Å². The summed E-state index contributed by atoms with van der Waals surface area (Å²) < 4.78 is 13.8. The summed E-state index contributed by atoms with van der Waals surface area (Å²) in [5, 5.41) is 3.38. The maximum Gasteiger partial charge on any atom is 0.234 e. The highest BCUT2D eigenvalue weighted by Crippen LogP contribution is 2.21. The second-order valence-electron chi connectivity index (χ2n) is 3.88. The quantitative estimate of drug-likeness (QED) is 0.652. The number of carbonyl (C=O) groups excluding carboxylic acids is 1. The van der Waals surface area contributed by atoms with E-state index in [0.29, 0.717) is 5.69 Å². The SMILES string of the molecule is Nc1cc(F)ccc1NC(=O)CSc1ccc(Br)cn1. The molecule has 0 bridgehead atoms. The van der Waals surface area contributed by atoms with Gasteiger partial charge < -0.3 is 11.1 Å². The van der Waals surface area contributed by atoms with Crippen molar-refractivity contribution in [2.24, 2.45) is 0 Å². The zero-order valence-corrected chi connectivity index (χ0v) is 12.7. The van der Waals surface area contributed by atoms with E-state index in [1.54, 1.807) is 6.20 Å². The van der Waals surface area contributed by atoms with E-state index in [1.165, 1.54) is 30.0 Å². The summed E-state index contributed by atoms with van der Waals surface area (Å²) >= 11 is 4.59. The maximum atomic E-state index is 12.9. The average molecular weight is 356 g/mol. The van der Waals surface area contributed by atoms with E-state index < -0.39 is 5.82 Å². The molecule has 0 spiro atoms. The molecule has 20 heavy (non-hydrogen) atoms. The molecule has 1 amide bonds. The van der Waals surface area contributed by atoms with Crippen LogP contribution in [0.2, 0.25) is 0 Å². The monoisotopic (exact) mass is 355 g/mol. The van der Waals surface area contributed by atoms with Crippen LogP contribution in [-0.4, -0.2) is 16.6 Å². The third-order valence-corrected chi connectivity index (χ3v) is 3.75. The Morgan fingerprint density at radius 2 is 2.20 bits per heavy atom. The fourth-order valence-electron chi connectivity index (χ4n) is 1.42. The summed E-state index contributed by atoms with van der Waals surface area (Å²) in [4.78, 5) is 15.9. The van der Waals surface area contributed by atoms with Gasteiger partial charge in [-0.15, -0.1) is 0 Å². The molecule has 0 unspecified atom stereocenters. The normalized spacial score (nSPS) is 10.3. The van der Waals surface area contributed by atoms with Gasteiger partial charge in [0.15, 0.2) is 0 Å². The Balaban J connectivity index is 1.90. The van der Waals surface area contributed by atoms with E-state index in [9.17, 15) is 9.18 Å². The largest absolute Gasteiger partial charge is 0.397 e. The Labute approximate surface area is 128 Å². The summed E-state index contributed by atoms with van der Waals surface area (Å²) in [7, 11) is 0. The topological polar surface area (TPSA) is 68.0 Å². The highest BCUT2D eigenvalue weighted by Gasteiger charge is 2.07. The Bertz CT molecular complexity index is 622. The van der Waals surface area contributed by atoms with Crippen molar-refractivity contribution in [1.29, 1.82) is 0 Å². The number of hydrogen-bond acceptors (Lipinski definition) is 4. The van der Waals surface area contributed by atoms with E-state index >= 15 is 0 Å². The zero-order chi connectivity index (χ0) is 14.5. The molecule has 1 aromatic carbocycles. The number of amides is 1. The van der Waals surface area contributed by atoms with Gasteiger partial charge >= 0.3 is 0 Å². The molecule has 0 aliphatic rings. The molecule has 2 rings (SSSR count). The van der Waals surface area contributed by atoms with Crippen molar-refractivity contribution in [3.8, 4) is 0 Å². The Hall–Kier alpha value is -1.60. The molecule has 0 radical (unpaired) electrons. The number of anilines is 2. The average Bonchev–Trinajstić information content (AvgIpc) is 2.41. The number of nitrogens with one attached hydrogen (secondary N) is 1. The van der Waals surface area contributed by atoms with Crippen LogP contribution >= 0.6 is 27.7 Å². The molecule has 3 N–H and O–H groups in total. The first-order valence-electron chi connectivity index (χ1n) is 5.64. The van der Waals surface area contributed by atoms with Crippen molar-refractivity contribution in [2.75, 3.05) is 16.8 Å². The molecule has 0 atom stereocenters. The summed E-state index contributed by atoms with van der Waals surface area (Å²) in [6.07, 6.45) is 1.66. The molecule has 1 aromatic heterocycles. The van der Waals surface area contributed by atoms with Crippen LogP contribution < -0.4 is 11.1 Å². The number of carbonyl (C=O) groups is 1.